The highest BCUT2D eigenvalue weighted by Crippen LogP contribution is 2.37. The maximum atomic E-state index is 14.1. The number of fused-ring (bicyclic) bond motifs is 1. The number of ether oxygens (including phenoxy) is 5. The number of likely N-dealkylation sites (N-methyl/N-ethyl adjacent to an activating group) is 2. The lowest BCUT2D eigenvalue weighted by molar-refractivity contribution is -0.297. The van der Waals surface area contributed by atoms with Crippen LogP contribution in [-0.2, 0) is 33.3 Å². The third-order valence-electron chi connectivity index (χ3n) is 11.3. The number of hydrogen-bond donors (Lipinski definition) is 3. The van der Waals surface area contributed by atoms with E-state index in [1.54, 1.807) is 21.0 Å². The standard InChI is InChI=1S/C35H64N4O8/c1-20-15-34(6,43-11)31(46-33-29(41)27(38(8)9)14-26(45-33)17-36-16-25-12-13-25)21(2)28(40)22(3)32(42)44-19-35(7)30(37-24(5)47-35)23(4)39(10)18-20/h20-27,29-31,33,36-37,41H,12-19H2,1-11H3/t20-,21+,22?,23-,24?,26+,27+,29-,30-,31-,33+,34-,35-/m1/s1. The Morgan fingerprint density at radius 1 is 1.11 bits per heavy atom. The zero-order valence-corrected chi connectivity index (χ0v) is 30.8. The van der Waals surface area contributed by atoms with Crippen LogP contribution in [0.1, 0.15) is 74.1 Å². The van der Waals surface area contributed by atoms with Gasteiger partial charge in [-0.25, -0.2) is 0 Å². The molecule has 4 aliphatic rings. The predicted octanol–water partition coefficient (Wildman–Crippen LogP) is 2.02. The molecule has 0 aromatic carbocycles. The minimum Gasteiger partial charge on any atom is -0.462 e. The molecule has 13 atom stereocenters. The highest BCUT2D eigenvalue weighted by molar-refractivity contribution is 6.00. The molecule has 0 aromatic rings. The van der Waals surface area contributed by atoms with Crippen LogP contribution in [0.25, 0.3) is 0 Å². The summed E-state index contributed by atoms with van der Waals surface area (Å²) in [6.07, 6.45) is 0.572. The van der Waals surface area contributed by atoms with E-state index in [0.29, 0.717) is 19.4 Å². The molecule has 47 heavy (non-hydrogen) atoms. The molecule has 3 aliphatic heterocycles. The molecule has 1 aliphatic carbocycles. The minimum absolute atomic E-state index is 0.0213. The van der Waals surface area contributed by atoms with Crippen LogP contribution >= 0.6 is 0 Å². The van der Waals surface area contributed by atoms with Crippen LogP contribution < -0.4 is 10.6 Å². The summed E-state index contributed by atoms with van der Waals surface area (Å²) in [5.41, 5.74) is -1.72. The van der Waals surface area contributed by atoms with Crippen LogP contribution in [0.2, 0.25) is 0 Å². The first-order chi connectivity index (χ1) is 22.0. The number of aliphatic hydroxyl groups excluding tert-OH is 1. The topological polar surface area (TPSA) is 131 Å². The number of cyclic esters (lactones) is 1. The molecule has 12 nitrogen and oxygen atoms in total. The molecule has 0 radical (unpaired) electrons. The molecule has 272 valence electrons. The number of aliphatic hydroxyl groups is 1. The van der Waals surface area contributed by atoms with E-state index < -0.39 is 47.5 Å². The van der Waals surface area contributed by atoms with E-state index in [9.17, 15) is 14.7 Å². The maximum Gasteiger partial charge on any atom is 0.316 e. The average Bonchev–Trinajstić information content (AvgIpc) is 3.79. The fourth-order valence-electron chi connectivity index (χ4n) is 8.08. The molecule has 3 saturated heterocycles. The SMILES string of the molecule is CO[C@]1(C)C[C@@H](C)CN(C)[C@H](C)[C@H]2NC(C)O[C@]2(C)COC(=O)C(C)C(=O)[C@H](C)[C@H]1O[C@@H]1O[C@H](CNCC2CC2)C[C@H](N(C)C)[C@H]1O. The Bertz CT molecular complexity index is 1060. The second-order valence-corrected chi connectivity index (χ2v) is 15.8. The molecule has 4 fully saturated rings. The van der Waals surface area contributed by atoms with Gasteiger partial charge in [-0.1, -0.05) is 13.8 Å². The minimum atomic E-state index is -1.04. The van der Waals surface area contributed by atoms with Gasteiger partial charge in [0.25, 0.3) is 0 Å². The zero-order valence-electron chi connectivity index (χ0n) is 30.8. The van der Waals surface area contributed by atoms with E-state index in [2.05, 4.69) is 36.4 Å². The largest absolute Gasteiger partial charge is 0.462 e. The van der Waals surface area contributed by atoms with Gasteiger partial charge in [-0.2, -0.15) is 0 Å². The van der Waals surface area contributed by atoms with E-state index in [1.165, 1.54) is 12.8 Å². The number of ketones is 1. The second-order valence-electron chi connectivity index (χ2n) is 15.8. The smallest absolute Gasteiger partial charge is 0.316 e. The van der Waals surface area contributed by atoms with Crippen molar-refractivity contribution < 1.29 is 38.4 Å². The number of nitrogens with zero attached hydrogens (tertiary/aromatic N) is 2. The number of esters is 1. The van der Waals surface area contributed by atoms with Crippen molar-refractivity contribution >= 4 is 11.8 Å². The Kier molecular flexibility index (Phi) is 12.9. The van der Waals surface area contributed by atoms with Gasteiger partial charge in [0.2, 0.25) is 0 Å². The Morgan fingerprint density at radius 3 is 2.40 bits per heavy atom. The summed E-state index contributed by atoms with van der Waals surface area (Å²) in [6.45, 7) is 15.9. The van der Waals surface area contributed by atoms with E-state index in [0.717, 1.165) is 19.0 Å². The van der Waals surface area contributed by atoms with Crippen LogP contribution in [0.4, 0.5) is 0 Å². The van der Waals surface area contributed by atoms with Crippen LogP contribution in [0.5, 0.6) is 0 Å². The number of Topliss-reactive ketones (excluding diaryl/α,β-unsaturated/α-hetero) is 1. The summed E-state index contributed by atoms with van der Waals surface area (Å²) in [5.74, 6) is -1.86. The molecule has 0 amide bonds. The van der Waals surface area contributed by atoms with Gasteiger partial charge in [-0.15, -0.1) is 0 Å². The number of carbonyl (C=O) groups excluding carboxylic acids is 2. The molecule has 3 heterocycles. The van der Waals surface area contributed by atoms with Gasteiger partial charge in [0.05, 0.1) is 23.9 Å². The second kappa shape index (κ2) is 15.8. The highest BCUT2D eigenvalue weighted by Gasteiger charge is 2.51. The molecule has 3 N–H and O–H groups in total. The van der Waals surface area contributed by atoms with Crippen molar-refractivity contribution in [2.45, 2.75) is 134 Å². The Morgan fingerprint density at radius 2 is 1.79 bits per heavy atom. The third kappa shape index (κ3) is 9.12. The maximum absolute atomic E-state index is 14.1. The lowest BCUT2D eigenvalue weighted by atomic mass is 9.78. The van der Waals surface area contributed by atoms with Crippen LogP contribution in [0.3, 0.4) is 0 Å². The number of methoxy groups -OCH3 is 1. The molecule has 4 rings (SSSR count). The van der Waals surface area contributed by atoms with Gasteiger partial charge in [0, 0.05) is 38.2 Å². The predicted molar refractivity (Wildman–Crippen MR) is 179 cm³/mol. The van der Waals surface area contributed by atoms with Crippen molar-refractivity contribution in [1.29, 1.82) is 0 Å². The average molecular weight is 669 g/mol. The van der Waals surface area contributed by atoms with Crippen molar-refractivity contribution in [2.24, 2.45) is 23.7 Å². The first kappa shape index (κ1) is 38.6. The van der Waals surface area contributed by atoms with Crippen molar-refractivity contribution in [3.63, 3.8) is 0 Å². The zero-order chi connectivity index (χ0) is 34.8. The molecule has 2 unspecified atom stereocenters. The van der Waals surface area contributed by atoms with Gasteiger partial charge in [0.15, 0.2) is 12.1 Å². The van der Waals surface area contributed by atoms with Crippen molar-refractivity contribution in [3.8, 4) is 0 Å². The van der Waals surface area contributed by atoms with Gasteiger partial charge < -0.3 is 43.9 Å². The molecule has 0 spiro atoms. The van der Waals surface area contributed by atoms with E-state index >= 15 is 0 Å². The number of rotatable bonds is 8. The molecule has 12 heteroatoms. The lowest BCUT2D eigenvalue weighted by Gasteiger charge is -2.47. The fourth-order valence-corrected chi connectivity index (χ4v) is 8.08. The lowest BCUT2D eigenvalue weighted by Crippen LogP contribution is -2.60. The normalized spacial score (nSPS) is 44.9. The Labute approximate surface area is 282 Å². The summed E-state index contributed by atoms with van der Waals surface area (Å²) in [4.78, 5) is 31.8. The summed E-state index contributed by atoms with van der Waals surface area (Å²) in [6, 6.07) is -0.260. The van der Waals surface area contributed by atoms with Crippen LogP contribution in [-0.4, -0.2) is 141 Å². The first-order valence-electron chi connectivity index (χ1n) is 17.7. The summed E-state index contributed by atoms with van der Waals surface area (Å²) < 4.78 is 31.6. The van der Waals surface area contributed by atoms with Gasteiger partial charge in [-0.05, 0) is 99.8 Å². The Balaban J connectivity index is 1.64. The number of hydrogen-bond acceptors (Lipinski definition) is 12. The molecule has 0 bridgehead atoms. The molecular formula is C35H64N4O8. The van der Waals surface area contributed by atoms with E-state index in [-0.39, 0.29) is 48.8 Å². The van der Waals surface area contributed by atoms with Crippen molar-refractivity contribution in [2.75, 3.05) is 54.5 Å². The summed E-state index contributed by atoms with van der Waals surface area (Å²) in [5, 5.41) is 18.6. The van der Waals surface area contributed by atoms with Gasteiger partial charge >= 0.3 is 5.97 Å². The number of nitrogens with one attached hydrogen (secondary N) is 2. The highest BCUT2D eigenvalue weighted by atomic mass is 16.7. The van der Waals surface area contributed by atoms with Crippen LogP contribution in [0.15, 0.2) is 0 Å². The first-order valence-corrected chi connectivity index (χ1v) is 17.7. The van der Waals surface area contributed by atoms with Crippen LogP contribution in [0, 0.1) is 23.7 Å². The molecular weight excluding hydrogens is 604 g/mol. The van der Waals surface area contributed by atoms with E-state index in [4.69, 9.17) is 23.7 Å². The van der Waals surface area contributed by atoms with E-state index in [1.807, 2.05) is 39.8 Å². The van der Waals surface area contributed by atoms with Crippen molar-refractivity contribution in [1.82, 2.24) is 20.4 Å². The Hall–Kier alpha value is -1.22. The molecule has 0 aromatic heterocycles. The fraction of sp³-hybridized carbons (Fsp3) is 0.943. The third-order valence-corrected chi connectivity index (χ3v) is 11.3. The summed E-state index contributed by atoms with van der Waals surface area (Å²) >= 11 is 0. The monoisotopic (exact) mass is 668 g/mol. The summed E-state index contributed by atoms with van der Waals surface area (Å²) in [7, 11) is 7.62. The van der Waals surface area contributed by atoms with Gasteiger partial charge in [-0.3, -0.25) is 14.9 Å². The number of carbonyl (C=O) groups is 2. The van der Waals surface area contributed by atoms with Gasteiger partial charge in [0.1, 0.15) is 30.5 Å². The van der Waals surface area contributed by atoms with Crippen molar-refractivity contribution in [3.05, 3.63) is 0 Å². The quantitative estimate of drug-likeness (QED) is 0.259. The molecule has 1 saturated carbocycles.